The van der Waals surface area contributed by atoms with E-state index >= 15 is 0 Å². The number of fused-ring (bicyclic) bond motifs is 1. The van der Waals surface area contributed by atoms with Crippen molar-refractivity contribution in [3.8, 4) is 11.1 Å². The molecular weight excluding hydrogens is 453 g/mol. The summed E-state index contributed by atoms with van der Waals surface area (Å²) in [6, 6.07) is 16.0. The highest BCUT2D eigenvalue weighted by Crippen LogP contribution is 2.29. The topological polar surface area (TPSA) is 63.1 Å². The van der Waals surface area contributed by atoms with E-state index in [1.54, 1.807) is 22.9 Å². The number of pyridine rings is 1. The molecule has 1 aliphatic heterocycles. The van der Waals surface area contributed by atoms with Gasteiger partial charge in [0, 0.05) is 30.2 Å². The molecular formula is C29H32FN5O. The number of hydrogen-bond acceptors (Lipinski definition) is 5. The van der Waals surface area contributed by atoms with Crippen LogP contribution in [0.5, 0.6) is 0 Å². The van der Waals surface area contributed by atoms with Gasteiger partial charge < -0.3 is 0 Å². The Morgan fingerprint density at radius 2 is 1.69 bits per heavy atom. The molecule has 1 N–H and O–H groups in total. The standard InChI is InChI=1S/C29H32FN5O/c1-4-21-17-34(18-22(21)5-2)33-29-31-15-23-14-26(25-9-7-6-8-19(25)3)28(36)35(27(23)32-29)16-20-10-12-24(30)13-11-20/h6-15,21-22H,4-5,16-18H2,1-3H3,(H,31,32,33). The summed E-state index contributed by atoms with van der Waals surface area (Å²) in [5.41, 5.74) is 7.13. The van der Waals surface area contributed by atoms with Crippen LogP contribution in [0.1, 0.15) is 37.8 Å². The minimum Gasteiger partial charge on any atom is -0.288 e. The number of hydrogen-bond donors (Lipinski definition) is 1. The van der Waals surface area contributed by atoms with Crippen LogP contribution in [-0.2, 0) is 6.54 Å². The van der Waals surface area contributed by atoms with Crippen molar-refractivity contribution in [3.63, 3.8) is 0 Å². The fraction of sp³-hybridized carbons (Fsp3) is 0.345. The molecule has 0 spiro atoms. The van der Waals surface area contributed by atoms with Crippen LogP contribution in [0.15, 0.2) is 65.6 Å². The Morgan fingerprint density at radius 1 is 1.00 bits per heavy atom. The minimum atomic E-state index is -0.306. The number of halogens is 1. The monoisotopic (exact) mass is 485 g/mol. The molecule has 0 saturated carbocycles. The SMILES string of the molecule is CCC1CN(Nc2ncc3cc(-c4ccccc4C)c(=O)n(Cc4ccc(F)cc4)c3n2)CC1CC. The molecule has 2 aromatic carbocycles. The van der Waals surface area contributed by atoms with E-state index in [1.165, 1.54) is 12.1 Å². The van der Waals surface area contributed by atoms with E-state index in [0.29, 0.717) is 29.0 Å². The highest BCUT2D eigenvalue weighted by molar-refractivity contribution is 5.82. The summed E-state index contributed by atoms with van der Waals surface area (Å²) in [5.74, 6) is 1.47. The Kier molecular flexibility index (Phi) is 6.83. The molecule has 0 amide bonds. The van der Waals surface area contributed by atoms with Gasteiger partial charge in [0.15, 0.2) is 0 Å². The second-order valence-corrected chi connectivity index (χ2v) is 9.72. The lowest BCUT2D eigenvalue weighted by Crippen LogP contribution is -2.29. The van der Waals surface area contributed by atoms with Crippen LogP contribution in [-0.4, -0.2) is 32.6 Å². The van der Waals surface area contributed by atoms with E-state index in [2.05, 4.69) is 29.3 Å². The molecule has 1 fully saturated rings. The average Bonchev–Trinajstić information content (AvgIpc) is 3.29. The first-order valence-corrected chi connectivity index (χ1v) is 12.7. The molecule has 2 atom stereocenters. The molecule has 6 nitrogen and oxygen atoms in total. The van der Waals surface area contributed by atoms with E-state index in [4.69, 9.17) is 4.98 Å². The van der Waals surface area contributed by atoms with Crippen LogP contribution >= 0.6 is 0 Å². The third-order valence-electron chi connectivity index (χ3n) is 7.40. The van der Waals surface area contributed by atoms with E-state index < -0.39 is 0 Å². The predicted molar refractivity (Wildman–Crippen MR) is 142 cm³/mol. The molecule has 0 aliphatic carbocycles. The van der Waals surface area contributed by atoms with Crippen LogP contribution in [0.3, 0.4) is 0 Å². The van der Waals surface area contributed by atoms with Crippen molar-refractivity contribution in [2.45, 2.75) is 40.2 Å². The van der Waals surface area contributed by atoms with Gasteiger partial charge in [-0.2, -0.15) is 4.98 Å². The largest absolute Gasteiger partial charge is 0.288 e. The molecule has 36 heavy (non-hydrogen) atoms. The van der Waals surface area contributed by atoms with Crippen LogP contribution in [0, 0.1) is 24.6 Å². The molecule has 3 heterocycles. The Bertz CT molecular complexity index is 1420. The fourth-order valence-corrected chi connectivity index (χ4v) is 5.30. The van der Waals surface area contributed by atoms with Crippen LogP contribution in [0.2, 0.25) is 0 Å². The Labute approximate surface area is 210 Å². The summed E-state index contributed by atoms with van der Waals surface area (Å²) in [6.07, 6.45) is 4.07. The number of nitrogens with one attached hydrogen (secondary N) is 1. The molecule has 186 valence electrons. The predicted octanol–water partition coefficient (Wildman–Crippen LogP) is 5.65. The second kappa shape index (κ2) is 10.2. The maximum Gasteiger partial charge on any atom is 0.260 e. The van der Waals surface area contributed by atoms with Crippen LogP contribution < -0.4 is 11.0 Å². The van der Waals surface area contributed by atoms with Gasteiger partial charge >= 0.3 is 0 Å². The molecule has 5 rings (SSSR count). The van der Waals surface area contributed by atoms with E-state index in [1.807, 2.05) is 37.3 Å². The lowest BCUT2D eigenvalue weighted by Gasteiger charge is -2.18. The average molecular weight is 486 g/mol. The maximum absolute atomic E-state index is 13.8. The summed E-state index contributed by atoms with van der Waals surface area (Å²) in [5, 5.41) is 2.97. The summed E-state index contributed by atoms with van der Waals surface area (Å²) in [4.78, 5) is 23.2. The zero-order chi connectivity index (χ0) is 25.2. The summed E-state index contributed by atoms with van der Waals surface area (Å²) >= 11 is 0. The van der Waals surface area contributed by atoms with Crippen molar-refractivity contribution in [3.05, 3.63) is 88.1 Å². The third-order valence-corrected chi connectivity index (χ3v) is 7.40. The zero-order valence-electron chi connectivity index (χ0n) is 21.0. The third kappa shape index (κ3) is 4.75. The van der Waals surface area contributed by atoms with Crippen molar-refractivity contribution >= 4 is 17.0 Å². The number of nitrogens with zero attached hydrogens (tertiary/aromatic N) is 4. The highest BCUT2D eigenvalue weighted by Gasteiger charge is 2.30. The number of benzene rings is 2. The van der Waals surface area contributed by atoms with Crippen molar-refractivity contribution < 1.29 is 4.39 Å². The molecule has 0 radical (unpaired) electrons. The van der Waals surface area contributed by atoms with Gasteiger partial charge in [-0.3, -0.25) is 14.8 Å². The first-order valence-electron chi connectivity index (χ1n) is 12.7. The van der Waals surface area contributed by atoms with Gasteiger partial charge in [-0.1, -0.05) is 63.1 Å². The number of hydrazine groups is 1. The van der Waals surface area contributed by atoms with Crippen molar-refractivity contribution in [2.75, 3.05) is 18.5 Å². The van der Waals surface area contributed by atoms with E-state index in [-0.39, 0.29) is 17.9 Å². The summed E-state index contributed by atoms with van der Waals surface area (Å²) < 4.78 is 15.2. The summed E-state index contributed by atoms with van der Waals surface area (Å²) in [6.45, 7) is 8.66. The quantitative estimate of drug-likeness (QED) is 0.367. The van der Waals surface area contributed by atoms with Gasteiger partial charge in [0.2, 0.25) is 5.95 Å². The fourth-order valence-electron chi connectivity index (χ4n) is 5.30. The first kappa shape index (κ1) is 24.1. The van der Waals surface area contributed by atoms with Gasteiger partial charge in [-0.15, -0.1) is 0 Å². The molecule has 2 aromatic heterocycles. The lowest BCUT2D eigenvalue weighted by atomic mass is 9.92. The highest BCUT2D eigenvalue weighted by atomic mass is 19.1. The van der Waals surface area contributed by atoms with Gasteiger partial charge in [0.05, 0.1) is 6.54 Å². The molecule has 1 saturated heterocycles. The van der Waals surface area contributed by atoms with E-state index in [0.717, 1.165) is 48.0 Å². The maximum atomic E-state index is 13.8. The lowest BCUT2D eigenvalue weighted by molar-refractivity contribution is 0.381. The van der Waals surface area contributed by atoms with Crippen molar-refractivity contribution in [1.82, 2.24) is 19.5 Å². The Hall–Kier alpha value is -3.58. The number of aryl methyl sites for hydroxylation is 1. The van der Waals surface area contributed by atoms with E-state index in [9.17, 15) is 9.18 Å². The number of anilines is 1. The Morgan fingerprint density at radius 3 is 2.36 bits per heavy atom. The molecule has 2 unspecified atom stereocenters. The van der Waals surface area contributed by atoms with Gasteiger partial charge in [0.25, 0.3) is 5.56 Å². The molecule has 1 aliphatic rings. The van der Waals surface area contributed by atoms with Crippen LogP contribution in [0.4, 0.5) is 10.3 Å². The van der Waals surface area contributed by atoms with Crippen molar-refractivity contribution in [2.24, 2.45) is 11.8 Å². The van der Waals surface area contributed by atoms with Gasteiger partial charge in [-0.25, -0.2) is 14.4 Å². The van der Waals surface area contributed by atoms with Crippen LogP contribution in [0.25, 0.3) is 22.2 Å². The zero-order valence-corrected chi connectivity index (χ0v) is 21.0. The molecule has 4 aromatic rings. The molecule has 7 heteroatoms. The first-order chi connectivity index (χ1) is 17.5. The van der Waals surface area contributed by atoms with Crippen molar-refractivity contribution in [1.29, 1.82) is 0 Å². The van der Waals surface area contributed by atoms with Gasteiger partial charge in [-0.05, 0) is 53.6 Å². The number of rotatable bonds is 7. The Balaban J connectivity index is 1.58. The minimum absolute atomic E-state index is 0.135. The normalized spacial score (nSPS) is 18.1. The summed E-state index contributed by atoms with van der Waals surface area (Å²) in [7, 11) is 0. The second-order valence-electron chi connectivity index (χ2n) is 9.72. The molecule has 0 bridgehead atoms. The van der Waals surface area contributed by atoms with Gasteiger partial charge in [0.1, 0.15) is 11.5 Å². The smallest absolute Gasteiger partial charge is 0.260 e. The number of aromatic nitrogens is 3.